The molecule has 3 N–H and O–H groups in total. The highest BCUT2D eigenvalue weighted by molar-refractivity contribution is 5.38. The zero-order valence-electron chi connectivity index (χ0n) is 20.4. The van der Waals surface area contributed by atoms with E-state index in [-0.39, 0.29) is 0 Å². The van der Waals surface area contributed by atoms with Crippen molar-refractivity contribution in [1.29, 1.82) is 0 Å². The van der Waals surface area contributed by atoms with E-state index in [2.05, 4.69) is 32.6 Å². The summed E-state index contributed by atoms with van der Waals surface area (Å²) in [6, 6.07) is 0. The number of hydrogen-bond donors (Lipinski definition) is 3. The molecule has 0 heterocycles. The number of fused-ring (bicyclic) bond motifs is 1. The maximum absolute atomic E-state index is 10.2. The van der Waals surface area contributed by atoms with Crippen molar-refractivity contribution < 1.29 is 15.3 Å². The molecule has 176 valence electrons. The van der Waals surface area contributed by atoms with Crippen LogP contribution in [0.25, 0.3) is 0 Å². The average Bonchev–Trinajstić information content (AvgIpc) is 2.67. The number of allylic oxidation sites excluding steroid dienone is 3. The minimum absolute atomic E-state index is 0.359. The van der Waals surface area contributed by atoms with Gasteiger partial charge in [0.25, 0.3) is 0 Å². The Hall–Kier alpha value is -0.900. The molecule has 0 bridgehead atoms. The highest BCUT2D eigenvalue weighted by atomic mass is 16.3. The molecule has 3 rings (SSSR count). The van der Waals surface area contributed by atoms with Gasteiger partial charge in [0.05, 0.1) is 17.8 Å². The second kappa shape index (κ2) is 9.93. The van der Waals surface area contributed by atoms with Crippen molar-refractivity contribution in [2.45, 2.75) is 116 Å². The Balaban J connectivity index is 1.74. The topological polar surface area (TPSA) is 60.7 Å². The fraction of sp³-hybridized carbons (Fsp3) is 0.786. The smallest absolute Gasteiger partial charge is 0.0811 e. The van der Waals surface area contributed by atoms with Crippen LogP contribution in [-0.2, 0) is 0 Å². The van der Waals surface area contributed by atoms with Crippen molar-refractivity contribution in [2.75, 3.05) is 0 Å². The Labute approximate surface area is 190 Å². The first-order chi connectivity index (χ1) is 14.5. The quantitative estimate of drug-likeness (QED) is 0.477. The molecule has 3 aliphatic rings. The number of aliphatic hydroxyl groups is 3. The van der Waals surface area contributed by atoms with Gasteiger partial charge in [-0.05, 0) is 93.1 Å². The summed E-state index contributed by atoms with van der Waals surface area (Å²) < 4.78 is 0. The molecule has 0 radical (unpaired) electrons. The highest BCUT2D eigenvalue weighted by Crippen LogP contribution is 2.57. The molecule has 31 heavy (non-hydrogen) atoms. The molecule has 3 nitrogen and oxygen atoms in total. The number of hydrogen-bond acceptors (Lipinski definition) is 3. The van der Waals surface area contributed by atoms with Crippen molar-refractivity contribution in [3.05, 3.63) is 35.5 Å². The van der Waals surface area contributed by atoms with Crippen LogP contribution in [0.2, 0.25) is 0 Å². The molecule has 3 heteroatoms. The van der Waals surface area contributed by atoms with Gasteiger partial charge < -0.3 is 15.3 Å². The lowest BCUT2D eigenvalue weighted by molar-refractivity contribution is -0.00356. The van der Waals surface area contributed by atoms with E-state index in [4.69, 9.17) is 0 Å². The van der Waals surface area contributed by atoms with Gasteiger partial charge in [0.1, 0.15) is 0 Å². The van der Waals surface area contributed by atoms with Crippen molar-refractivity contribution in [2.24, 2.45) is 23.2 Å². The molecule has 0 amide bonds. The van der Waals surface area contributed by atoms with E-state index in [0.717, 1.165) is 29.9 Å². The van der Waals surface area contributed by atoms with Gasteiger partial charge in [-0.1, -0.05) is 57.4 Å². The molecule has 0 aromatic carbocycles. The summed E-state index contributed by atoms with van der Waals surface area (Å²) in [5.74, 6) is 2.08. The Morgan fingerprint density at radius 3 is 2.65 bits per heavy atom. The first-order valence-electron chi connectivity index (χ1n) is 12.7. The van der Waals surface area contributed by atoms with Crippen LogP contribution < -0.4 is 0 Å². The van der Waals surface area contributed by atoms with Crippen molar-refractivity contribution >= 4 is 0 Å². The van der Waals surface area contributed by atoms with E-state index < -0.39 is 17.8 Å². The number of aliphatic hydroxyl groups excluding tert-OH is 2. The van der Waals surface area contributed by atoms with Gasteiger partial charge in [-0.3, -0.25) is 0 Å². The SMILES string of the molecule is C=C1/C(=C\C=C2/CCC[C@]3(C)[C@@H]([C@@H](C)CCCC(C)(C)O)CCC[C@@H]23)C[C@@H](O)C[C@@H]1O. The fourth-order valence-corrected chi connectivity index (χ4v) is 6.93. The van der Waals surface area contributed by atoms with Crippen molar-refractivity contribution in [1.82, 2.24) is 0 Å². The van der Waals surface area contributed by atoms with E-state index >= 15 is 0 Å². The molecule has 0 spiro atoms. The van der Waals surface area contributed by atoms with Crippen LogP contribution >= 0.6 is 0 Å². The normalized spacial score (nSPS) is 38.4. The zero-order valence-corrected chi connectivity index (χ0v) is 20.4. The average molecular weight is 431 g/mol. The molecule has 3 saturated carbocycles. The Morgan fingerprint density at radius 1 is 1.19 bits per heavy atom. The Kier molecular flexibility index (Phi) is 7.92. The van der Waals surface area contributed by atoms with Crippen LogP contribution in [0.1, 0.15) is 98.3 Å². The van der Waals surface area contributed by atoms with Gasteiger partial charge in [-0.2, -0.15) is 0 Å². The molecule has 0 aliphatic heterocycles. The molecular formula is C28H46O3. The molecular weight excluding hydrogens is 384 g/mol. The third-order valence-electron chi connectivity index (χ3n) is 8.68. The minimum Gasteiger partial charge on any atom is -0.393 e. The first kappa shape index (κ1) is 24.7. The molecule has 0 unspecified atom stereocenters. The van der Waals surface area contributed by atoms with Crippen LogP contribution in [0, 0.1) is 23.2 Å². The third-order valence-corrected chi connectivity index (χ3v) is 8.68. The number of rotatable bonds is 6. The molecule has 0 saturated heterocycles. The summed E-state index contributed by atoms with van der Waals surface area (Å²) in [5.41, 5.74) is 3.16. The van der Waals surface area contributed by atoms with Gasteiger partial charge in [0.2, 0.25) is 0 Å². The lowest BCUT2D eigenvalue weighted by atomic mass is 9.51. The summed E-state index contributed by atoms with van der Waals surface area (Å²) in [5, 5.41) is 30.3. The first-order valence-corrected chi connectivity index (χ1v) is 12.7. The van der Waals surface area contributed by atoms with Crippen LogP contribution in [0.5, 0.6) is 0 Å². The van der Waals surface area contributed by atoms with Crippen LogP contribution in [0.3, 0.4) is 0 Å². The Bertz CT molecular complexity index is 698. The van der Waals surface area contributed by atoms with Crippen molar-refractivity contribution in [3.63, 3.8) is 0 Å². The molecule has 3 fully saturated rings. The van der Waals surface area contributed by atoms with Crippen LogP contribution in [-0.4, -0.2) is 33.1 Å². The van der Waals surface area contributed by atoms with E-state index in [0.29, 0.717) is 30.1 Å². The van der Waals surface area contributed by atoms with Gasteiger partial charge >= 0.3 is 0 Å². The zero-order chi connectivity index (χ0) is 22.8. The standard InChI is InChI=1S/C28H46O3/c1-19(9-7-15-27(3,4)31)24-11-6-12-25-21(10-8-16-28(24,25)5)13-14-22-17-23(29)18-26(30)20(22)2/h13-14,19,23-26,29-31H,2,6-12,15-18H2,1,3-5H3/b21-13+,22-14-/t19-,23+,24+,25-,26-,28+/m0/s1. The predicted octanol–water partition coefficient (Wildman–Crippen LogP) is 6.09. The summed E-state index contributed by atoms with van der Waals surface area (Å²) in [6.45, 7) is 12.9. The monoisotopic (exact) mass is 430 g/mol. The predicted molar refractivity (Wildman–Crippen MR) is 129 cm³/mol. The maximum Gasteiger partial charge on any atom is 0.0811 e. The van der Waals surface area contributed by atoms with Gasteiger partial charge in [-0.25, -0.2) is 0 Å². The Morgan fingerprint density at radius 2 is 1.94 bits per heavy atom. The highest BCUT2D eigenvalue weighted by Gasteiger charge is 2.48. The molecule has 0 aromatic heterocycles. The summed E-state index contributed by atoms with van der Waals surface area (Å²) in [6.07, 6.45) is 15.2. The van der Waals surface area contributed by atoms with E-state index in [9.17, 15) is 15.3 Å². The summed E-state index contributed by atoms with van der Waals surface area (Å²) >= 11 is 0. The van der Waals surface area contributed by atoms with Gasteiger partial charge in [-0.15, -0.1) is 0 Å². The second-order valence-corrected chi connectivity index (χ2v) is 11.7. The third kappa shape index (κ3) is 5.92. The van der Waals surface area contributed by atoms with E-state index in [1.807, 2.05) is 13.8 Å². The van der Waals surface area contributed by atoms with Crippen LogP contribution in [0.4, 0.5) is 0 Å². The molecule has 0 aromatic rings. The maximum atomic E-state index is 10.2. The lowest BCUT2D eigenvalue weighted by Gasteiger charge is -2.54. The minimum atomic E-state index is -0.617. The van der Waals surface area contributed by atoms with Crippen LogP contribution in [0.15, 0.2) is 35.5 Å². The fourth-order valence-electron chi connectivity index (χ4n) is 6.93. The summed E-state index contributed by atoms with van der Waals surface area (Å²) in [4.78, 5) is 0. The van der Waals surface area contributed by atoms with E-state index in [1.54, 1.807) is 5.57 Å². The molecule has 3 aliphatic carbocycles. The second-order valence-electron chi connectivity index (χ2n) is 11.7. The molecule has 6 atom stereocenters. The van der Waals surface area contributed by atoms with Gasteiger partial charge in [0, 0.05) is 6.42 Å². The van der Waals surface area contributed by atoms with E-state index in [1.165, 1.54) is 44.9 Å². The van der Waals surface area contributed by atoms with Crippen molar-refractivity contribution in [3.8, 4) is 0 Å². The van der Waals surface area contributed by atoms with Gasteiger partial charge in [0.15, 0.2) is 0 Å². The summed E-state index contributed by atoms with van der Waals surface area (Å²) in [7, 11) is 0. The largest absolute Gasteiger partial charge is 0.393 e. The lowest BCUT2D eigenvalue weighted by Crippen LogP contribution is -2.44.